The van der Waals surface area contributed by atoms with Crippen molar-refractivity contribution >= 4 is 11.5 Å². The molecule has 2 rings (SSSR count). The van der Waals surface area contributed by atoms with E-state index in [9.17, 15) is 0 Å². The van der Waals surface area contributed by atoms with Gasteiger partial charge >= 0.3 is 0 Å². The smallest absolute Gasteiger partial charge is 0.124 e. The highest BCUT2D eigenvalue weighted by molar-refractivity contribution is 6.01. The highest BCUT2D eigenvalue weighted by Crippen LogP contribution is 2.29. The van der Waals surface area contributed by atoms with Crippen LogP contribution in [0.2, 0.25) is 0 Å². The van der Waals surface area contributed by atoms with Crippen LogP contribution in [0.25, 0.3) is 0 Å². The summed E-state index contributed by atoms with van der Waals surface area (Å²) in [6.45, 7) is 6.59. The van der Waals surface area contributed by atoms with Crippen molar-refractivity contribution < 1.29 is 4.74 Å². The van der Waals surface area contributed by atoms with Crippen molar-refractivity contribution in [2.75, 3.05) is 24.7 Å². The lowest BCUT2D eigenvalue weighted by Gasteiger charge is -2.38. The number of benzene rings is 1. The molecular weight excluding hydrogens is 226 g/mol. The van der Waals surface area contributed by atoms with E-state index in [0.29, 0.717) is 6.04 Å². The van der Waals surface area contributed by atoms with Crippen molar-refractivity contribution in [1.29, 1.82) is 5.41 Å². The van der Waals surface area contributed by atoms with E-state index in [1.165, 1.54) is 5.56 Å². The van der Waals surface area contributed by atoms with E-state index < -0.39 is 0 Å². The first-order valence-electron chi connectivity index (χ1n) is 6.43. The Morgan fingerprint density at radius 3 is 3.00 bits per heavy atom. The molecule has 0 radical (unpaired) electrons. The van der Waals surface area contributed by atoms with E-state index in [4.69, 9.17) is 15.9 Å². The van der Waals surface area contributed by atoms with Crippen LogP contribution >= 0.6 is 0 Å². The van der Waals surface area contributed by atoms with Crippen molar-refractivity contribution in [1.82, 2.24) is 0 Å². The zero-order valence-corrected chi connectivity index (χ0v) is 11.1. The predicted octanol–water partition coefficient (Wildman–Crippen LogP) is 1.89. The number of nitrogens with one attached hydrogen (secondary N) is 1. The van der Waals surface area contributed by atoms with Crippen molar-refractivity contribution in [2.45, 2.75) is 26.3 Å². The summed E-state index contributed by atoms with van der Waals surface area (Å²) in [5.41, 5.74) is 8.80. The number of aryl methyl sites for hydroxylation is 1. The van der Waals surface area contributed by atoms with Crippen molar-refractivity contribution in [3.05, 3.63) is 29.3 Å². The molecule has 3 N–H and O–H groups in total. The van der Waals surface area contributed by atoms with Crippen molar-refractivity contribution in [3.63, 3.8) is 0 Å². The molecule has 4 heteroatoms. The Morgan fingerprint density at radius 1 is 1.56 bits per heavy atom. The number of nitrogen functional groups attached to an aromatic ring is 1. The number of hydrogen-bond donors (Lipinski definition) is 2. The molecule has 1 aromatic rings. The Morgan fingerprint density at radius 2 is 2.33 bits per heavy atom. The number of para-hydroxylation sites is 1. The highest BCUT2D eigenvalue weighted by Gasteiger charge is 2.25. The number of hydrogen-bond acceptors (Lipinski definition) is 3. The number of ether oxygens (including phenoxy) is 1. The van der Waals surface area contributed by atoms with Crippen LogP contribution in [0.1, 0.15) is 24.5 Å². The van der Waals surface area contributed by atoms with Crippen molar-refractivity contribution in [3.8, 4) is 0 Å². The Balaban J connectivity index is 2.44. The van der Waals surface area contributed by atoms with E-state index in [1.54, 1.807) is 0 Å². The minimum absolute atomic E-state index is 0.134. The van der Waals surface area contributed by atoms with Crippen LogP contribution in [0.4, 0.5) is 5.69 Å². The average molecular weight is 247 g/mol. The third-order valence-electron chi connectivity index (χ3n) is 3.51. The van der Waals surface area contributed by atoms with Crippen LogP contribution in [0.3, 0.4) is 0 Å². The van der Waals surface area contributed by atoms with Gasteiger partial charge in [-0.1, -0.05) is 19.1 Å². The van der Waals surface area contributed by atoms with E-state index in [-0.39, 0.29) is 5.84 Å². The summed E-state index contributed by atoms with van der Waals surface area (Å²) in [6, 6.07) is 6.33. The molecule has 1 aliphatic rings. The summed E-state index contributed by atoms with van der Waals surface area (Å²) in [5.74, 6) is 0.134. The number of amidine groups is 1. The van der Waals surface area contributed by atoms with E-state index >= 15 is 0 Å². The van der Waals surface area contributed by atoms with Crippen molar-refractivity contribution in [2.24, 2.45) is 5.73 Å². The summed E-state index contributed by atoms with van der Waals surface area (Å²) < 4.78 is 5.54. The molecule has 0 bridgehead atoms. The second-order valence-electron chi connectivity index (χ2n) is 4.72. The summed E-state index contributed by atoms with van der Waals surface area (Å²) in [4.78, 5) is 2.34. The molecule has 0 saturated carbocycles. The number of rotatable bonds is 3. The number of morpholine rings is 1. The van der Waals surface area contributed by atoms with Crippen LogP contribution < -0.4 is 10.6 Å². The average Bonchev–Trinajstić information content (AvgIpc) is 2.38. The minimum Gasteiger partial charge on any atom is -0.384 e. The van der Waals surface area contributed by atoms with E-state index in [0.717, 1.165) is 37.4 Å². The molecule has 1 fully saturated rings. The maximum Gasteiger partial charge on any atom is 0.124 e. The lowest BCUT2D eigenvalue weighted by Crippen LogP contribution is -2.46. The molecule has 1 heterocycles. The molecule has 1 saturated heterocycles. The third kappa shape index (κ3) is 2.34. The molecule has 4 nitrogen and oxygen atoms in total. The van der Waals surface area contributed by atoms with E-state index in [2.05, 4.69) is 24.8 Å². The van der Waals surface area contributed by atoms with Gasteiger partial charge in [0, 0.05) is 12.1 Å². The largest absolute Gasteiger partial charge is 0.384 e. The standard InChI is InChI=1S/C14H21N3O/c1-3-11-9-18-8-7-17(11)13-10(2)5-4-6-12(13)14(15)16/h4-6,11H,3,7-9H2,1-2H3,(H3,15,16). The Kier molecular flexibility index (Phi) is 3.87. The second kappa shape index (κ2) is 5.40. The van der Waals surface area contributed by atoms with Crippen LogP contribution in [-0.4, -0.2) is 31.6 Å². The van der Waals surface area contributed by atoms with Gasteiger partial charge in [-0.3, -0.25) is 5.41 Å². The number of nitrogens with two attached hydrogens (primary N) is 1. The molecule has 0 aliphatic carbocycles. The fourth-order valence-electron chi connectivity index (χ4n) is 2.54. The maximum atomic E-state index is 7.73. The first-order valence-corrected chi connectivity index (χ1v) is 6.43. The molecule has 0 spiro atoms. The van der Waals surface area contributed by atoms with Gasteiger partial charge in [-0.05, 0) is 25.0 Å². The van der Waals surface area contributed by atoms with Gasteiger partial charge < -0.3 is 15.4 Å². The molecule has 1 aromatic carbocycles. The summed E-state index contributed by atoms with van der Waals surface area (Å²) in [7, 11) is 0. The van der Waals surface area contributed by atoms with Gasteiger partial charge in [0.15, 0.2) is 0 Å². The molecule has 98 valence electrons. The molecule has 1 atom stereocenters. The van der Waals surface area contributed by atoms with Crippen LogP contribution in [0, 0.1) is 12.3 Å². The third-order valence-corrected chi connectivity index (χ3v) is 3.51. The van der Waals surface area contributed by atoms with E-state index in [1.807, 2.05) is 12.1 Å². The maximum absolute atomic E-state index is 7.73. The molecular formula is C14H21N3O. The summed E-state index contributed by atoms with van der Waals surface area (Å²) in [6.07, 6.45) is 1.03. The molecule has 0 amide bonds. The van der Waals surface area contributed by atoms with Gasteiger partial charge in [0.05, 0.1) is 24.9 Å². The fraction of sp³-hybridized carbons (Fsp3) is 0.500. The summed E-state index contributed by atoms with van der Waals surface area (Å²) in [5, 5.41) is 7.73. The molecule has 1 unspecified atom stereocenters. The monoisotopic (exact) mass is 247 g/mol. The second-order valence-corrected chi connectivity index (χ2v) is 4.72. The van der Waals surface area contributed by atoms with Gasteiger partial charge in [0.2, 0.25) is 0 Å². The topological polar surface area (TPSA) is 62.3 Å². The molecule has 1 aliphatic heterocycles. The normalized spacial score (nSPS) is 19.9. The highest BCUT2D eigenvalue weighted by atomic mass is 16.5. The number of nitrogens with zero attached hydrogens (tertiary/aromatic N) is 1. The Bertz CT molecular complexity index is 445. The Hall–Kier alpha value is -1.55. The first-order chi connectivity index (χ1) is 8.65. The van der Waals surface area contributed by atoms with Crippen LogP contribution in [-0.2, 0) is 4.74 Å². The first kappa shape index (κ1) is 12.9. The predicted molar refractivity (Wildman–Crippen MR) is 74.4 cm³/mol. The zero-order chi connectivity index (χ0) is 13.1. The quantitative estimate of drug-likeness (QED) is 0.633. The van der Waals surface area contributed by atoms with Gasteiger partial charge in [0.25, 0.3) is 0 Å². The minimum atomic E-state index is 0.134. The molecule has 0 aromatic heterocycles. The molecule has 18 heavy (non-hydrogen) atoms. The zero-order valence-electron chi connectivity index (χ0n) is 11.1. The van der Waals surface area contributed by atoms with Gasteiger partial charge in [-0.2, -0.15) is 0 Å². The Labute approximate surface area is 108 Å². The SMILES string of the molecule is CCC1COCCN1c1c(C)cccc1C(=N)N. The lowest BCUT2D eigenvalue weighted by atomic mass is 10.0. The fourth-order valence-corrected chi connectivity index (χ4v) is 2.54. The van der Waals surface area contributed by atoms with Gasteiger partial charge in [-0.15, -0.1) is 0 Å². The summed E-state index contributed by atoms with van der Waals surface area (Å²) >= 11 is 0. The van der Waals surface area contributed by atoms with Gasteiger partial charge in [0.1, 0.15) is 5.84 Å². The van der Waals surface area contributed by atoms with Gasteiger partial charge in [-0.25, -0.2) is 0 Å². The number of anilines is 1. The van der Waals surface area contributed by atoms with Crippen LogP contribution in [0.5, 0.6) is 0 Å². The van der Waals surface area contributed by atoms with Crippen LogP contribution in [0.15, 0.2) is 18.2 Å². The lowest BCUT2D eigenvalue weighted by molar-refractivity contribution is 0.0929.